The number of benzene rings is 3. The monoisotopic (exact) mass is 585 g/mol. The second-order valence-electron chi connectivity index (χ2n) is 10.5. The third-order valence-electron chi connectivity index (χ3n) is 6.98. The quantitative estimate of drug-likeness (QED) is 0.181. The fourth-order valence-electron chi connectivity index (χ4n) is 4.81. The lowest BCUT2D eigenvalue weighted by Crippen LogP contribution is -2.31. The number of carbonyl (C=O) groups excluding carboxylic acids is 2. The Morgan fingerprint density at radius 3 is 2.12 bits per heavy atom. The van der Waals surface area contributed by atoms with Crippen molar-refractivity contribution >= 4 is 40.7 Å². The first-order valence-corrected chi connectivity index (χ1v) is 13.4. The van der Waals surface area contributed by atoms with Crippen LogP contribution in [0.15, 0.2) is 60.2 Å². The zero-order valence-electron chi connectivity index (χ0n) is 22.8. The van der Waals surface area contributed by atoms with Gasteiger partial charge in [-0.25, -0.2) is 4.39 Å². The van der Waals surface area contributed by atoms with Gasteiger partial charge in [-0.05, 0) is 46.7 Å². The van der Waals surface area contributed by atoms with E-state index in [1.165, 1.54) is 37.3 Å². The van der Waals surface area contributed by atoms with Crippen molar-refractivity contribution in [1.29, 1.82) is 0 Å². The summed E-state index contributed by atoms with van der Waals surface area (Å²) in [5.74, 6) is -2.28. The Morgan fingerprint density at radius 1 is 0.975 bits per heavy atom. The summed E-state index contributed by atoms with van der Waals surface area (Å²) in [5, 5.41) is 11.7. The molecule has 6 nitrogen and oxygen atoms in total. The number of aliphatic hydroxyl groups is 1. The van der Waals surface area contributed by atoms with E-state index in [0.717, 1.165) is 11.1 Å². The van der Waals surface area contributed by atoms with Gasteiger partial charge >= 0.3 is 0 Å². The lowest BCUT2D eigenvalue weighted by atomic mass is 9.85. The summed E-state index contributed by atoms with van der Waals surface area (Å²) < 4.78 is 24.1. The molecule has 1 saturated heterocycles. The number of hydrogen-bond acceptors (Lipinski definition) is 5. The van der Waals surface area contributed by atoms with Crippen LogP contribution in [0.4, 0.5) is 4.39 Å². The zero-order valence-corrected chi connectivity index (χ0v) is 24.4. The van der Waals surface area contributed by atoms with Crippen LogP contribution in [0.2, 0.25) is 10.0 Å². The maximum Gasteiger partial charge on any atom is 0.295 e. The summed E-state index contributed by atoms with van der Waals surface area (Å²) in [5.41, 5.74) is 2.30. The van der Waals surface area contributed by atoms with Crippen LogP contribution in [0.25, 0.3) is 5.76 Å². The number of ketones is 1. The summed E-state index contributed by atoms with van der Waals surface area (Å²) in [6.07, 6.45) is 0.368. The van der Waals surface area contributed by atoms with Crippen LogP contribution in [0.1, 0.15) is 49.1 Å². The van der Waals surface area contributed by atoms with Gasteiger partial charge in [0.2, 0.25) is 0 Å². The molecular weight excluding hydrogens is 556 g/mol. The van der Waals surface area contributed by atoms with Crippen LogP contribution < -0.4 is 9.47 Å². The van der Waals surface area contributed by atoms with Crippen molar-refractivity contribution in [2.45, 2.75) is 38.6 Å². The van der Waals surface area contributed by atoms with E-state index in [4.69, 9.17) is 32.7 Å². The first-order valence-electron chi connectivity index (χ1n) is 12.6. The molecule has 1 fully saturated rings. The third-order valence-corrected chi connectivity index (χ3v) is 7.61. The molecule has 40 heavy (non-hydrogen) atoms. The molecule has 3 aromatic rings. The minimum atomic E-state index is -0.904. The van der Waals surface area contributed by atoms with Gasteiger partial charge < -0.3 is 19.5 Å². The Balaban J connectivity index is 1.88. The van der Waals surface area contributed by atoms with E-state index < -0.39 is 23.5 Å². The number of nitrogens with zero attached hydrogens (tertiary/aromatic N) is 1. The molecule has 210 valence electrons. The molecule has 0 bridgehead atoms. The molecular formula is C31H30Cl2FNO5. The largest absolute Gasteiger partial charge is 0.507 e. The van der Waals surface area contributed by atoms with Gasteiger partial charge in [-0.2, -0.15) is 0 Å². The van der Waals surface area contributed by atoms with Crippen molar-refractivity contribution in [2.24, 2.45) is 0 Å². The van der Waals surface area contributed by atoms with Gasteiger partial charge in [-0.15, -0.1) is 0 Å². The highest BCUT2D eigenvalue weighted by atomic mass is 35.5. The number of carbonyl (C=O) groups is 2. The summed E-state index contributed by atoms with van der Waals surface area (Å²) in [4.78, 5) is 28.3. The Morgan fingerprint density at radius 2 is 1.57 bits per heavy atom. The standard InChI is InChI=1S/C31H30Cl2FNO5/c1-31(2,3)19-10-8-18(9-11-19)25-23(26(36)21-16-22(32)29(40-5)24(33)28(21)39-4)27(37)30(38)35(25)15-14-17-6-12-20(34)13-7-17/h6-13,16,25,36H,14-15H2,1-5H3/b26-23+. The number of methoxy groups -OCH3 is 2. The molecule has 1 atom stereocenters. The highest BCUT2D eigenvalue weighted by molar-refractivity contribution is 6.47. The fraction of sp³-hybridized carbons (Fsp3) is 0.290. The summed E-state index contributed by atoms with van der Waals surface area (Å²) in [7, 11) is 2.75. The summed E-state index contributed by atoms with van der Waals surface area (Å²) in [6.45, 7) is 6.40. The number of aliphatic hydroxyl groups excluding tert-OH is 1. The second kappa shape index (κ2) is 11.5. The molecule has 0 spiro atoms. The Kier molecular flexibility index (Phi) is 8.47. The molecule has 1 N–H and O–H groups in total. The van der Waals surface area contributed by atoms with Crippen molar-refractivity contribution in [2.75, 3.05) is 20.8 Å². The molecule has 0 saturated carbocycles. The van der Waals surface area contributed by atoms with Gasteiger partial charge in [0.15, 0.2) is 11.5 Å². The Bertz CT molecular complexity index is 1480. The van der Waals surface area contributed by atoms with Gasteiger partial charge in [-0.1, -0.05) is 80.4 Å². The van der Waals surface area contributed by atoms with E-state index >= 15 is 0 Å². The van der Waals surface area contributed by atoms with Crippen molar-refractivity contribution in [3.8, 4) is 11.5 Å². The summed E-state index contributed by atoms with van der Waals surface area (Å²) in [6, 6.07) is 14.0. The van der Waals surface area contributed by atoms with Crippen molar-refractivity contribution in [3.63, 3.8) is 0 Å². The van der Waals surface area contributed by atoms with Crippen LogP contribution in [-0.4, -0.2) is 42.5 Å². The average molecular weight is 586 g/mol. The number of Topliss-reactive ketones (excluding diaryl/α,β-unsaturated/α-hetero) is 1. The van der Waals surface area contributed by atoms with E-state index in [9.17, 15) is 19.1 Å². The van der Waals surface area contributed by atoms with Gasteiger partial charge in [0, 0.05) is 6.54 Å². The van der Waals surface area contributed by atoms with Gasteiger partial charge in [0.1, 0.15) is 16.6 Å². The molecule has 1 amide bonds. The predicted octanol–water partition coefficient (Wildman–Crippen LogP) is 7.11. The van der Waals surface area contributed by atoms with Crippen LogP contribution in [0, 0.1) is 5.82 Å². The third kappa shape index (κ3) is 5.54. The van der Waals surface area contributed by atoms with Crippen LogP contribution >= 0.6 is 23.2 Å². The van der Waals surface area contributed by atoms with Gasteiger partial charge in [0.05, 0.1) is 36.4 Å². The Labute approximate surface area is 242 Å². The topological polar surface area (TPSA) is 76.1 Å². The highest BCUT2D eigenvalue weighted by Crippen LogP contribution is 2.47. The number of rotatable bonds is 7. The molecule has 1 aliphatic rings. The zero-order chi connectivity index (χ0) is 29.4. The molecule has 0 radical (unpaired) electrons. The minimum Gasteiger partial charge on any atom is -0.507 e. The minimum absolute atomic E-state index is 0.00988. The second-order valence-corrected chi connectivity index (χ2v) is 11.3. The molecule has 1 unspecified atom stereocenters. The SMILES string of the molecule is COc1c(Cl)cc(/C(O)=C2\C(=O)C(=O)N(CCc3ccc(F)cc3)C2c2ccc(C(C)(C)C)cc2)c(OC)c1Cl. The van der Waals surface area contributed by atoms with Crippen LogP contribution in [0.5, 0.6) is 11.5 Å². The molecule has 0 aromatic heterocycles. The lowest BCUT2D eigenvalue weighted by Gasteiger charge is -2.27. The van der Waals surface area contributed by atoms with E-state index in [-0.39, 0.29) is 50.5 Å². The maximum absolute atomic E-state index is 13.5. The van der Waals surface area contributed by atoms with Crippen molar-refractivity contribution < 1.29 is 28.6 Å². The summed E-state index contributed by atoms with van der Waals surface area (Å²) >= 11 is 12.8. The van der Waals surface area contributed by atoms with Crippen molar-refractivity contribution in [3.05, 3.63) is 98.3 Å². The number of halogens is 3. The van der Waals surface area contributed by atoms with E-state index in [0.29, 0.717) is 12.0 Å². The first kappa shape index (κ1) is 29.4. The number of likely N-dealkylation sites (tertiary alicyclic amines) is 1. The smallest absolute Gasteiger partial charge is 0.295 e. The average Bonchev–Trinajstić information content (AvgIpc) is 3.17. The van der Waals surface area contributed by atoms with Gasteiger partial charge in [-0.3, -0.25) is 9.59 Å². The highest BCUT2D eigenvalue weighted by Gasteiger charge is 2.46. The first-order chi connectivity index (χ1) is 18.9. The number of hydrogen-bond donors (Lipinski definition) is 1. The van der Waals surface area contributed by atoms with E-state index in [1.54, 1.807) is 12.1 Å². The molecule has 4 rings (SSSR count). The molecule has 0 aliphatic carbocycles. The van der Waals surface area contributed by atoms with E-state index in [1.807, 2.05) is 24.3 Å². The van der Waals surface area contributed by atoms with E-state index in [2.05, 4.69) is 20.8 Å². The van der Waals surface area contributed by atoms with Crippen molar-refractivity contribution in [1.82, 2.24) is 4.90 Å². The molecule has 3 aromatic carbocycles. The Hall–Kier alpha value is -3.55. The number of amides is 1. The molecule has 9 heteroatoms. The normalized spacial score (nSPS) is 16.9. The maximum atomic E-state index is 13.5. The van der Waals surface area contributed by atoms with Crippen LogP contribution in [-0.2, 0) is 21.4 Å². The predicted molar refractivity (Wildman–Crippen MR) is 154 cm³/mol. The van der Waals surface area contributed by atoms with Gasteiger partial charge in [0.25, 0.3) is 11.7 Å². The molecule has 1 aliphatic heterocycles. The van der Waals surface area contributed by atoms with Crippen LogP contribution in [0.3, 0.4) is 0 Å². The number of ether oxygens (including phenoxy) is 2. The fourth-order valence-corrected chi connectivity index (χ4v) is 5.50. The molecule has 1 heterocycles. The lowest BCUT2D eigenvalue weighted by molar-refractivity contribution is -0.139.